The Morgan fingerprint density at radius 2 is 1.35 bits per heavy atom. The lowest BCUT2D eigenvalue weighted by molar-refractivity contribution is 0.187. The van der Waals surface area contributed by atoms with Crippen LogP contribution >= 0.6 is 0 Å². The van der Waals surface area contributed by atoms with Crippen LogP contribution in [0.2, 0.25) is 0 Å². The van der Waals surface area contributed by atoms with E-state index in [9.17, 15) is 8.78 Å². The Hall–Kier alpha value is -2.81. The van der Waals surface area contributed by atoms with Crippen molar-refractivity contribution >= 4 is 5.57 Å². The molecule has 1 atom stereocenters. The van der Waals surface area contributed by atoms with Crippen molar-refractivity contribution in [1.82, 2.24) is 0 Å². The Kier molecular flexibility index (Phi) is 9.50. The van der Waals surface area contributed by atoms with Crippen molar-refractivity contribution in [3.63, 3.8) is 0 Å². The molecule has 3 aromatic rings. The number of rotatable bonds is 9. The van der Waals surface area contributed by atoms with Crippen LogP contribution in [0.5, 0.6) is 0 Å². The van der Waals surface area contributed by atoms with E-state index in [0.29, 0.717) is 23.1 Å². The largest absolute Gasteiger partial charge is 0.206 e. The second-order valence-corrected chi connectivity index (χ2v) is 12.1. The summed E-state index contributed by atoms with van der Waals surface area (Å²) in [5.74, 6) is 0.710. The first-order chi connectivity index (χ1) is 19.5. The lowest BCUT2D eigenvalue weighted by Gasteiger charge is -2.35. The number of halogens is 3. The third-order valence-electron chi connectivity index (χ3n) is 9.62. The van der Waals surface area contributed by atoms with Crippen LogP contribution in [0.4, 0.5) is 13.2 Å². The summed E-state index contributed by atoms with van der Waals surface area (Å²) in [6, 6.07) is 15.8. The predicted octanol–water partition coefficient (Wildman–Crippen LogP) is 11.6. The van der Waals surface area contributed by atoms with Crippen LogP contribution in [0.25, 0.3) is 27.8 Å². The minimum Gasteiger partial charge on any atom is -0.206 e. The van der Waals surface area contributed by atoms with Gasteiger partial charge in [-0.05, 0) is 90.2 Å². The third kappa shape index (κ3) is 6.40. The SMILES string of the molecule is CCCCCC1CCC(C2CC=C(c3ccc(-c4ccc(-c5ccc(CC)c(F)c5F)cc4)c(F)c3)CC2)CC1. The molecule has 0 bridgehead atoms. The summed E-state index contributed by atoms with van der Waals surface area (Å²) in [5.41, 5.74) is 4.65. The van der Waals surface area contributed by atoms with Gasteiger partial charge in [-0.2, -0.15) is 0 Å². The Morgan fingerprint density at radius 3 is 1.98 bits per heavy atom. The first-order valence-corrected chi connectivity index (χ1v) is 15.5. The van der Waals surface area contributed by atoms with Crippen LogP contribution in [-0.2, 0) is 6.42 Å². The van der Waals surface area contributed by atoms with E-state index in [4.69, 9.17) is 0 Å². The van der Waals surface area contributed by atoms with Gasteiger partial charge in [-0.1, -0.05) is 107 Å². The van der Waals surface area contributed by atoms with E-state index in [-0.39, 0.29) is 11.4 Å². The molecule has 212 valence electrons. The molecule has 3 heteroatoms. The predicted molar refractivity (Wildman–Crippen MR) is 161 cm³/mol. The first-order valence-electron chi connectivity index (χ1n) is 15.5. The van der Waals surface area contributed by atoms with Gasteiger partial charge in [0.05, 0.1) is 0 Å². The van der Waals surface area contributed by atoms with Crippen LogP contribution < -0.4 is 0 Å². The minimum atomic E-state index is -0.833. The van der Waals surface area contributed by atoms with E-state index in [1.165, 1.54) is 63.4 Å². The smallest absolute Gasteiger partial charge is 0.166 e. The zero-order valence-corrected chi connectivity index (χ0v) is 24.1. The van der Waals surface area contributed by atoms with Gasteiger partial charge in [0.15, 0.2) is 11.6 Å². The number of hydrogen-bond acceptors (Lipinski definition) is 0. The van der Waals surface area contributed by atoms with Crippen molar-refractivity contribution in [2.75, 3.05) is 0 Å². The molecule has 0 aromatic heterocycles. The molecular weight excluding hydrogens is 501 g/mol. The second kappa shape index (κ2) is 13.2. The van der Waals surface area contributed by atoms with Crippen LogP contribution in [0.3, 0.4) is 0 Å². The number of unbranched alkanes of at least 4 members (excludes halogenated alkanes) is 2. The molecule has 0 N–H and O–H groups in total. The summed E-state index contributed by atoms with van der Waals surface area (Å²) in [7, 11) is 0. The molecule has 0 saturated heterocycles. The van der Waals surface area contributed by atoms with Crippen LogP contribution in [0, 0.1) is 35.2 Å². The summed E-state index contributed by atoms with van der Waals surface area (Å²) in [4.78, 5) is 0. The highest BCUT2D eigenvalue weighted by molar-refractivity contribution is 5.74. The Balaban J connectivity index is 1.21. The van der Waals surface area contributed by atoms with E-state index >= 15 is 4.39 Å². The molecule has 5 rings (SSSR count). The number of benzene rings is 3. The summed E-state index contributed by atoms with van der Waals surface area (Å²) < 4.78 is 44.2. The van der Waals surface area contributed by atoms with Crippen LogP contribution in [0.15, 0.2) is 60.7 Å². The van der Waals surface area contributed by atoms with E-state index in [0.717, 1.165) is 41.7 Å². The summed E-state index contributed by atoms with van der Waals surface area (Å²) in [6.07, 6.45) is 17.2. The summed E-state index contributed by atoms with van der Waals surface area (Å²) >= 11 is 0. The minimum absolute atomic E-state index is 0.222. The van der Waals surface area contributed by atoms with Gasteiger partial charge in [0.2, 0.25) is 0 Å². The second-order valence-electron chi connectivity index (χ2n) is 12.1. The van der Waals surface area contributed by atoms with E-state index in [1.54, 1.807) is 49.4 Å². The molecule has 2 aliphatic carbocycles. The fourth-order valence-electron chi connectivity index (χ4n) is 7.04. The average molecular weight is 545 g/mol. The summed E-state index contributed by atoms with van der Waals surface area (Å²) in [5, 5.41) is 0. The lowest BCUT2D eigenvalue weighted by Crippen LogP contribution is -2.23. The molecule has 2 aliphatic rings. The zero-order chi connectivity index (χ0) is 28.1. The number of hydrogen-bond donors (Lipinski definition) is 0. The molecule has 1 fully saturated rings. The van der Waals surface area contributed by atoms with E-state index in [2.05, 4.69) is 13.0 Å². The average Bonchev–Trinajstić information content (AvgIpc) is 2.99. The Morgan fingerprint density at radius 1 is 0.675 bits per heavy atom. The van der Waals surface area contributed by atoms with Gasteiger partial charge in [-0.15, -0.1) is 0 Å². The van der Waals surface area contributed by atoms with E-state index in [1.807, 2.05) is 12.1 Å². The highest BCUT2D eigenvalue weighted by atomic mass is 19.2. The molecule has 3 aromatic carbocycles. The first kappa shape index (κ1) is 28.7. The van der Waals surface area contributed by atoms with Crippen LogP contribution in [0.1, 0.15) is 95.6 Å². The van der Waals surface area contributed by atoms with Gasteiger partial charge in [-0.25, -0.2) is 13.2 Å². The van der Waals surface area contributed by atoms with Crippen molar-refractivity contribution in [1.29, 1.82) is 0 Å². The summed E-state index contributed by atoms with van der Waals surface area (Å²) in [6.45, 7) is 4.08. The number of aryl methyl sites for hydroxylation is 1. The molecule has 1 saturated carbocycles. The number of allylic oxidation sites excluding steroid dienone is 2. The quantitative estimate of drug-likeness (QED) is 0.235. The molecule has 0 aliphatic heterocycles. The highest BCUT2D eigenvalue weighted by Crippen LogP contribution is 2.42. The molecule has 0 heterocycles. The van der Waals surface area contributed by atoms with Crippen molar-refractivity contribution in [3.8, 4) is 22.3 Å². The Bertz CT molecular complexity index is 1310. The van der Waals surface area contributed by atoms with Gasteiger partial charge >= 0.3 is 0 Å². The monoisotopic (exact) mass is 544 g/mol. The van der Waals surface area contributed by atoms with Gasteiger partial charge < -0.3 is 0 Å². The van der Waals surface area contributed by atoms with Gasteiger partial charge in [-0.3, -0.25) is 0 Å². The van der Waals surface area contributed by atoms with Gasteiger partial charge in [0.25, 0.3) is 0 Å². The lowest BCUT2D eigenvalue weighted by atomic mass is 9.70. The van der Waals surface area contributed by atoms with Crippen molar-refractivity contribution in [2.45, 2.75) is 90.9 Å². The molecular formula is C37H43F3. The normalized spacial score (nSPS) is 21.3. The zero-order valence-electron chi connectivity index (χ0n) is 24.1. The topological polar surface area (TPSA) is 0 Å². The standard InChI is InChI=1S/C37H43F3/c1-3-5-6-7-25-8-10-27(11-9-25)28-12-14-29(15-13-28)32-21-22-33(35(38)24-32)30-16-18-31(19-17-30)34-23-20-26(4-2)36(39)37(34)40/h14,16-25,27-28H,3-13,15H2,1-2H3. The molecule has 0 amide bonds. The van der Waals surface area contributed by atoms with Gasteiger partial charge in [0, 0.05) is 11.1 Å². The maximum absolute atomic E-state index is 15.3. The molecule has 40 heavy (non-hydrogen) atoms. The van der Waals surface area contributed by atoms with Crippen molar-refractivity contribution in [3.05, 3.63) is 89.3 Å². The molecule has 1 unspecified atom stereocenters. The molecule has 0 nitrogen and oxygen atoms in total. The third-order valence-corrected chi connectivity index (χ3v) is 9.62. The van der Waals surface area contributed by atoms with E-state index < -0.39 is 11.6 Å². The van der Waals surface area contributed by atoms with Crippen molar-refractivity contribution < 1.29 is 13.2 Å². The maximum atomic E-state index is 15.3. The Labute approximate surface area is 238 Å². The maximum Gasteiger partial charge on any atom is 0.166 e. The van der Waals surface area contributed by atoms with Crippen molar-refractivity contribution in [2.24, 2.45) is 17.8 Å². The van der Waals surface area contributed by atoms with Crippen LogP contribution in [-0.4, -0.2) is 0 Å². The fraction of sp³-hybridized carbons (Fsp3) is 0.459. The highest BCUT2D eigenvalue weighted by Gasteiger charge is 2.28. The van der Waals surface area contributed by atoms with Gasteiger partial charge in [0.1, 0.15) is 5.82 Å². The molecule has 0 radical (unpaired) electrons. The molecule has 0 spiro atoms. The fourth-order valence-corrected chi connectivity index (χ4v) is 7.04.